The monoisotopic (exact) mass is 233 g/mol. The molecule has 0 saturated heterocycles. The summed E-state index contributed by atoms with van der Waals surface area (Å²) in [4.78, 5) is 4.27. The molecule has 2 heterocycles. The van der Waals surface area contributed by atoms with Crippen molar-refractivity contribution in [1.29, 1.82) is 0 Å². The van der Waals surface area contributed by atoms with Crippen LogP contribution in [0.4, 0.5) is 0 Å². The van der Waals surface area contributed by atoms with Crippen LogP contribution in [0.1, 0.15) is 37.1 Å². The van der Waals surface area contributed by atoms with Gasteiger partial charge < -0.3 is 5.43 Å². The fourth-order valence-corrected chi connectivity index (χ4v) is 1.90. The molecule has 0 aliphatic carbocycles. The highest BCUT2D eigenvalue weighted by Gasteiger charge is 2.08. The highest BCUT2D eigenvalue weighted by atomic mass is 15.4. The predicted molar refractivity (Wildman–Crippen MR) is 67.4 cm³/mol. The molecule has 5 heteroatoms. The first-order valence-electron chi connectivity index (χ1n) is 5.87. The summed E-state index contributed by atoms with van der Waals surface area (Å²) in [6.45, 7) is 9.03. The zero-order valence-corrected chi connectivity index (χ0v) is 10.8. The standard InChI is InChI=1S/C12H19N5/c1-9(2)16-12(13-8-15-16)7-14-17-10(3)5-6-11(17)4/h5-6,8-9,14H,7H2,1-4H3. The number of nitrogens with zero attached hydrogens (tertiary/aromatic N) is 4. The molecule has 0 atom stereocenters. The third-order valence-corrected chi connectivity index (χ3v) is 2.80. The third kappa shape index (κ3) is 2.33. The van der Waals surface area contributed by atoms with Crippen LogP contribution < -0.4 is 5.43 Å². The minimum Gasteiger partial charge on any atom is -0.318 e. The largest absolute Gasteiger partial charge is 0.318 e. The van der Waals surface area contributed by atoms with E-state index in [0.717, 1.165) is 5.82 Å². The van der Waals surface area contributed by atoms with E-state index in [2.05, 4.69) is 60.0 Å². The van der Waals surface area contributed by atoms with Gasteiger partial charge >= 0.3 is 0 Å². The Hall–Kier alpha value is -1.78. The fraction of sp³-hybridized carbons (Fsp3) is 0.500. The summed E-state index contributed by atoms with van der Waals surface area (Å²) < 4.78 is 4.00. The molecule has 0 spiro atoms. The second-order valence-electron chi connectivity index (χ2n) is 4.50. The van der Waals surface area contributed by atoms with Crippen LogP contribution in [-0.2, 0) is 6.54 Å². The average Bonchev–Trinajstić information content (AvgIpc) is 2.85. The molecule has 0 aromatic carbocycles. The zero-order valence-electron chi connectivity index (χ0n) is 10.8. The zero-order chi connectivity index (χ0) is 12.4. The van der Waals surface area contributed by atoms with Crippen molar-refractivity contribution in [2.45, 2.75) is 40.3 Å². The molecule has 2 aromatic heterocycles. The van der Waals surface area contributed by atoms with Crippen LogP contribution in [0.25, 0.3) is 0 Å². The SMILES string of the molecule is Cc1ccc(C)n1NCc1ncnn1C(C)C. The molecule has 2 aromatic rings. The van der Waals surface area contributed by atoms with Crippen LogP contribution in [0.15, 0.2) is 18.5 Å². The molecule has 0 aliphatic rings. The Bertz CT molecular complexity index is 475. The number of hydrogen-bond acceptors (Lipinski definition) is 3. The Labute approximate surface area is 101 Å². The second kappa shape index (κ2) is 4.61. The lowest BCUT2D eigenvalue weighted by Crippen LogP contribution is -2.20. The Balaban J connectivity index is 2.10. The van der Waals surface area contributed by atoms with Gasteiger partial charge in [0.15, 0.2) is 0 Å². The topological polar surface area (TPSA) is 47.7 Å². The lowest BCUT2D eigenvalue weighted by Gasteiger charge is -2.14. The van der Waals surface area contributed by atoms with Crippen molar-refractivity contribution >= 4 is 0 Å². The highest BCUT2D eigenvalue weighted by Crippen LogP contribution is 2.07. The summed E-state index contributed by atoms with van der Waals surface area (Å²) in [7, 11) is 0. The summed E-state index contributed by atoms with van der Waals surface area (Å²) in [6.07, 6.45) is 1.60. The lowest BCUT2D eigenvalue weighted by molar-refractivity contribution is 0.504. The van der Waals surface area contributed by atoms with Crippen LogP contribution in [0.2, 0.25) is 0 Å². The quantitative estimate of drug-likeness (QED) is 0.879. The molecule has 1 N–H and O–H groups in total. The highest BCUT2D eigenvalue weighted by molar-refractivity contribution is 5.15. The molecule has 0 fully saturated rings. The predicted octanol–water partition coefficient (Wildman–Crippen LogP) is 2.02. The van der Waals surface area contributed by atoms with Gasteiger partial charge in [0, 0.05) is 17.4 Å². The van der Waals surface area contributed by atoms with Gasteiger partial charge in [-0.2, -0.15) is 5.10 Å². The van der Waals surface area contributed by atoms with Crippen LogP contribution in [0.3, 0.4) is 0 Å². The molecular weight excluding hydrogens is 214 g/mol. The van der Waals surface area contributed by atoms with Crippen molar-refractivity contribution in [3.8, 4) is 0 Å². The molecule has 0 radical (unpaired) electrons. The van der Waals surface area contributed by atoms with Crippen molar-refractivity contribution in [3.05, 3.63) is 35.7 Å². The third-order valence-electron chi connectivity index (χ3n) is 2.80. The number of rotatable bonds is 4. The van der Waals surface area contributed by atoms with E-state index >= 15 is 0 Å². The summed E-state index contributed by atoms with van der Waals surface area (Å²) in [5.74, 6) is 0.951. The molecule has 5 nitrogen and oxygen atoms in total. The van der Waals surface area contributed by atoms with Gasteiger partial charge in [0.2, 0.25) is 0 Å². The van der Waals surface area contributed by atoms with Crippen LogP contribution in [0.5, 0.6) is 0 Å². The number of nitrogens with one attached hydrogen (secondary N) is 1. The first-order valence-corrected chi connectivity index (χ1v) is 5.87. The Kier molecular flexibility index (Phi) is 3.17. The summed E-state index contributed by atoms with van der Waals surface area (Å²) in [6, 6.07) is 4.52. The van der Waals surface area contributed by atoms with Crippen molar-refractivity contribution in [1.82, 2.24) is 19.4 Å². The van der Waals surface area contributed by atoms with Gasteiger partial charge in [0.25, 0.3) is 0 Å². The fourth-order valence-electron chi connectivity index (χ4n) is 1.90. The van der Waals surface area contributed by atoms with Crippen molar-refractivity contribution in [2.75, 3.05) is 5.43 Å². The molecule has 2 rings (SSSR count). The summed E-state index contributed by atoms with van der Waals surface area (Å²) in [5, 5.41) is 4.22. The number of aryl methyl sites for hydroxylation is 2. The first kappa shape index (κ1) is 11.7. The van der Waals surface area contributed by atoms with E-state index in [0.29, 0.717) is 12.6 Å². The van der Waals surface area contributed by atoms with Crippen molar-refractivity contribution < 1.29 is 0 Å². The van der Waals surface area contributed by atoms with E-state index in [1.54, 1.807) is 6.33 Å². The molecule has 0 bridgehead atoms. The van der Waals surface area contributed by atoms with Crippen molar-refractivity contribution in [2.24, 2.45) is 0 Å². The minimum absolute atomic E-state index is 0.334. The van der Waals surface area contributed by atoms with Crippen molar-refractivity contribution in [3.63, 3.8) is 0 Å². The molecule has 92 valence electrons. The number of hydrogen-bond donors (Lipinski definition) is 1. The second-order valence-corrected chi connectivity index (χ2v) is 4.50. The Morgan fingerprint density at radius 1 is 1.24 bits per heavy atom. The minimum atomic E-state index is 0.334. The van der Waals surface area contributed by atoms with E-state index in [-0.39, 0.29) is 0 Å². The Morgan fingerprint density at radius 3 is 2.47 bits per heavy atom. The maximum absolute atomic E-state index is 4.27. The van der Waals surface area contributed by atoms with E-state index in [1.807, 2.05) is 4.68 Å². The van der Waals surface area contributed by atoms with Crippen LogP contribution >= 0.6 is 0 Å². The van der Waals surface area contributed by atoms with Gasteiger partial charge in [-0.05, 0) is 39.8 Å². The molecule has 17 heavy (non-hydrogen) atoms. The smallest absolute Gasteiger partial charge is 0.148 e. The van der Waals surface area contributed by atoms with Crippen LogP contribution in [0, 0.1) is 13.8 Å². The maximum atomic E-state index is 4.27. The van der Waals surface area contributed by atoms with E-state index in [4.69, 9.17) is 0 Å². The van der Waals surface area contributed by atoms with E-state index in [1.165, 1.54) is 11.4 Å². The molecule has 0 saturated carbocycles. The van der Waals surface area contributed by atoms with Crippen LogP contribution in [-0.4, -0.2) is 19.4 Å². The van der Waals surface area contributed by atoms with E-state index < -0.39 is 0 Å². The summed E-state index contributed by atoms with van der Waals surface area (Å²) in [5.41, 5.74) is 5.74. The Morgan fingerprint density at radius 2 is 1.88 bits per heavy atom. The van der Waals surface area contributed by atoms with Gasteiger partial charge in [0.1, 0.15) is 12.2 Å². The summed E-state index contributed by atoms with van der Waals surface area (Å²) >= 11 is 0. The number of aromatic nitrogens is 4. The van der Waals surface area contributed by atoms with E-state index in [9.17, 15) is 0 Å². The molecule has 0 aliphatic heterocycles. The average molecular weight is 233 g/mol. The first-order chi connectivity index (χ1) is 8.09. The maximum Gasteiger partial charge on any atom is 0.148 e. The lowest BCUT2D eigenvalue weighted by atomic mass is 10.4. The van der Waals surface area contributed by atoms with Gasteiger partial charge in [-0.25, -0.2) is 9.67 Å². The van der Waals surface area contributed by atoms with Gasteiger partial charge in [0.05, 0.1) is 6.54 Å². The molecule has 0 amide bonds. The molecule has 0 unspecified atom stereocenters. The van der Waals surface area contributed by atoms with Gasteiger partial charge in [-0.1, -0.05) is 0 Å². The molecular formula is C12H19N5. The van der Waals surface area contributed by atoms with Gasteiger partial charge in [-0.15, -0.1) is 0 Å². The van der Waals surface area contributed by atoms with Gasteiger partial charge in [-0.3, -0.25) is 4.68 Å². The normalized spacial score (nSPS) is 11.1.